The van der Waals surface area contributed by atoms with Crippen molar-refractivity contribution in [2.45, 2.75) is 20.8 Å². The van der Waals surface area contributed by atoms with E-state index in [0.717, 1.165) is 0 Å². The molecule has 4 heteroatoms. The van der Waals surface area contributed by atoms with E-state index in [2.05, 4.69) is 19.7 Å². The molecule has 0 aliphatic rings. The Morgan fingerprint density at radius 1 is 0.769 bits per heavy atom. The molecule has 0 heterocycles. The van der Waals surface area contributed by atoms with Crippen molar-refractivity contribution in [1.29, 1.82) is 0 Å². The average molecular weight is 188 g/mol. The van der Waals surface area contributed by atoms with Gasteiger partial charge in [-0.3, -0.25) is 0 Å². The Hall–Kier alpha value is -0.835. The van der Waals surface area contributed by atoms with Crippen LogP contribution in [0.15, 0.2) is 38.0 Å². The highest BCUT2D eigenvalue weighted by Gasteiger charge is 1.92. The summed E-state index contributed by atoms with van der Waals surface area (Å²) in [6.45, 7) is 15.8. The summed E-state index contributed by atoms with van der Waals surface area (Å²) in [6, 6.07) is 0. The van der Waals surface area contributed by atoms with Gasteiger partial charge in [-0.25, -0.2) is 0 Å². The molecule has 0 bridgehead atoms. The van der Waals surface area contributed by atoms with Gasteiger partial charge >= 0.3 is 7.32 Å². The Bertz CT molecular complexity index is 75.8. The Morgan fingerprint density at radius 2 is 0.769 bits per heavy atom. The lowest BCUT2D eigenvalue weighted by molar-refractivity contribution is 0.278. The third-order valence-corrected chi connectivity index (χ3v) is 0. The molecule has 0 aromatic heterocycles. The molecule has 0 aromatic rings. The first-order chi connectivity index (χ1) is 5.97. The summed E-state index contributed by atoms with van der Waals surface area (Å²) in [7, 11) is -2.17. The fourth-order valence-corrected chi connectivity index (χ4v) is 0. The van der Waals surface area contributed by atoms with E-state index in [-0.39, 0.29) is 0 Å². The molecule has 3 N–H and O–H groups in total. The molecule has 0 saturated carbocycles. The van der Waals surface area contributed by atoms with Gasteiger partial charge in [-0.1, -0.05) is 18.2 Å². The topological polar surface area (TPSA) is 60.7 Å². The molecule has 0 aliphatic heterocycles. The molecule has 0 unspecified atom stereocenters. The molecule has 0 fully saturated rings. The smallest absolute Gasteiger partial charge is 0.402 e. The standard InChI is InChI=1S/3C3H6.BH3O3/c3*1-3-2;2-1(3)4/h3*3H,1H2,2H3;2-4H. The van der Waals surface area contributed by atoms with Crippen molar-refractivity contribution >= 4 is 7.32 Å². The van der Waals surface area contributed by atoms with Gasteiger partial charge in [0.15, 0.2) is 0 Å². The molecular weight excluding hydrogens is 167 g/mol. The molecule has 0 amide bonds. The van der Waals surface area contributed by atoms with Crippen LogP contribution in [0.25, 0.3) is 0 Å². The van der Waals surface area contributed by atoms with Crippen LogP contribution in [0.4, 0.5) is 0 Å². The number of hydrogen-bond acceptors (Lipinski definition) is 3. The second-order valence-electron chi connectivity index (χ2n) is 1.57. The molecular formula is C9H21BO3. The Kier molecular flexibility index (Phi) is 75.7. The fraction of sp³-hybridized carbons (Fsp3) is 0.333. The molecule has 0 aliphatic carbocycles. The zero-order valence-electron chi connectivity index (χ0n) is 8.77. The summed E-state index contributed by atoms with van der Waals surface area (Å²) in [5.41, 5.74) is 0. The average Bonchev–Trinajstić information content (AvgIpc) is 1.88. The normalized spacial score (nSPS) is 5.08. The maximum atomic E-state index is 7.17. The Balaban J connectivity index is -0.0000000420. The number of rotatable bonds is 0. The zero-order valence-corrected chi connectivity index (χ0v) is 8.77. The van der Waals surface area contributed by atoms with Gasteiger partial charge in [0, 0.05) is 0 Å². The number of allylic oxidation sites excluding steroid dienone is 3. The third kappa shape index (κ3) is 1340. The zero-order chi connectivity index (χ0) is 11.7. The highest BCUT2D eigenvalue weighted by Crippen LogP contribution is 1.40. The van der Waals surface area contributed by atoms with Crippen LogP contribution >= 0.6 is 0 Å². The monoisotopic (exact) mass is 188 g/mol. The van der Waals surface area contributed by atoms with E-state index in [1.807, 2.05) is 20.8 Å². The van der Waals surface area contributed by atoms with Crippen molar-refractivity contribution in [2.24, 2.45) is 0 Å². The quantitative estimate of drug-likeness (QED) is 0.399. The third-order valence-electron chi connectivity index (χ3n) is 0. The van der Waals surface area contributed by atoms with Crippen molar-refractivity contribution in [2.75, 3.05) is 0 Å². The summed E-state index contributed by atoms with van der Waals surface area (Å²) in [5.74, 6) is 0. The first kappa shape index (κ1) is 22.7. The minimum Gasteiger partial charge on any atom is -0.402 e. The maximum Gasteiger partial charge on any atom is 0.631 e. The van der Waals surface area contributed by atoms with Crippen LogP contribution in [-0.2, 0) is 0 Å². The predicted octanol–water partition coefficient (Wildman–Crippen LogP) is 1.53. The van der Waals surface area contributed by atoms with Crippen LogP contribution < -0.4 is 0 Å². The Labute approximate surface area is 81.9 Å². The van der Waals surface area contributed by atoms with Gasteiger partial charge in [0.2, 0.25) is 0 Å². The fourth-order valence-electron chi connectivity index (χ4n) is 0. The Morgan fingerprint density at radius 3 is 0.769 bits per heavy atom. The summed E-state index contributed by atoms with van der Waals surface area (Å²) in [4.78, 5) is 0. The lowest BCUT2D eigenvalue weighted by Crippen LogP contribution is -2.07. The van der Waals surface area contributed by atoms with Crippen LogP contribution in [0.2, 0.25) is 0 Å². The minimum atomic E-state index is -2.17. The van der Waals surface area contributed by atoms with Crippen molar-refractivity contribution in [3.63, 3.8) is 0 Å². The van der Waals surface area contributed by atoms with Crippen molar-refractivity contribution in [1.82, 2.24) is 0 Å². The van der Waals surface area contributed by atoms with E-state index in [1.54, 1.807) is 18.2 Å². The van der Waals surface area contributed by atoms with E-state index < -0.39 is 7.32 Å². The molecule has 0 aromatic carbocycles. The van der Waals surface area contributed by atoms with Crippen molar-refractivity contribution < 1.29 is 15.1 Å². The molecule has 0 radical (unpaired) electrons. The summed E-state index contributed by atoms with van der Waals surface area (Å²) >= 11 is 0. The van der Waals surface area contributed by atoms with Gasteiger partial charge < -0.3 is 15.1 Å². The molecule has 3 nitrogen and oxygen atoms in total. The van der Waals surface area contributed by atoms with Gasteiger partial charge in [0.1, 0.15) is 0 Å². The second kappa shape index (κ2) is 43.2. The maximum absolute atomic E-state index is 7.17. The predicted molar refractivity (Wildman–Crippen MR) is 60.0 cm³/mol. The van der Waals surface area contributed by atoms with Gasteiger partial charge in [0.25, 0.3) is 0 Å². The van der Waals surface area contributed by atoms with Crippen molar-refractivity contribution in [3.05, 3.63) is 38.0 Å². The lowest BCUT2D eigenvalue weighted by atomic mass is 10.3. The van der Waals surface area contributed by atoms with E-state index in [4.69, 9.17) is 15.1 Å². The molecule has 0 rings (SSSR count). The molecule has 13 heavy (non-hydrogen) atoms. The van der Waals surface area contributed by atoms with E-state index in [1.165, 1.54) is 0 Å². The van der Waals surface area contributed by atoms with Crippen LogP contribution in [0.1, 0.15) is 20.8 Å². The van der Waals surface area contributed by atoms with Crippen molar-refractivity contribution in [3.8, 4) is 0 Å². The van der Waals surface area contributed by atoms with Crippen LogP contribution in [0.5, 0.6) is 0 Å². The largest absolute Gasteiger partial charge is 0.631 e. The molecule has 0 saturated heterocycles. The molecule has 0 spiro atoms. The summed E-state index contributed by atoms with van der Waals surface area (Å²) in [5, 5.41) is 21.5. The van der Waals surface area contributed by atoms with E-state index in [0.29, 0.717) is 0 Å². The summed E-state index contributed by atoms with van der Waals surface area (Å²) < 4.78 is 0. The van der Waals surface area contributed by atoms with Gasteiger partial charge in [-0.2, -0.15) is 0 Å². The highest BCUT2D eigenvalue weighted by molar-refractivity contribution is 6.30. The van der Waals surface area contributed by atoms with Gasteiger partial charge in [0.05, 0.1) is 0 Å². The first-order valence-electron chi connectivity index (χ1n) is 3.73. The number of hydrogen-bond donors (Lipinski definition) is 3. The second-order valence-corrected chi connectivity index (χ2v) is 1.57. The van der Waals surface area contributed by atoms with Gasteiger partial charge in [-0.05, 0) is 20.8 Å². The lowest BCUT2D eigenvalue weighted by Gasteiger charge is -1.69. The van der Waals surface area contributed by atoms with Crippen LogP contribution in [-0.4, -0.2) is 22.4 Å². The van der Waals surface area contributed by atoms with E-state index in [9.17, 15) is 0 Å². The summed E-state index contributed by atoms with van der Waals surface area (Å²) in [6.07, 6.45) is 5.25. The van der Waals surface area contributed by atoms with E-state index >= 15 is 0 Å². The molecule has 0 atom stereocenters. The van der Waals surface area contributed by atoms with Crippen LogP contribution in [0.3, 0.4) is 0 Å². The SMILES string of the molecule is C=CC.C=CC.C=CC.OB(O)O. The highest BCUT2D eigenvalue weighted by atomic mass is 16.5. The minimum absolute atomic E-state index is 1.75. The first-order valence-corrected chi connectivity index (χ1v) is 3.73. The van der Waals surface area contributed by atoms with Crippen LogP contribution in [0, 0.1) is 0 Å². The molecule has 78 valence electrons. The van der Waals surface area contributed by atoms with Gasteiger partial charge in [-0.15, -0.1) is 19.7 Å².